The van der Waals surface area contributed by atoms with Gasteiger partial charge in [-0.15, -0.1) is 11.8 Å². The number of amides is 1. The fourth-order valence-corrected chi connectivity index (χ4v) is 3.50. The second kappa shape index (κ2) is 10.8. The standard InChI is InChI=1S/C21H25NO7S/c1-25-17-4-3-5-18(26-2)21(17)29-12-14(23)11-22-20(24)13-30-15-6-7-16-19(10-15)28-9-8-27-16/h3-7,10,14,23H,8-9,11-13H2,1-2H3,(H,22,24). The van der Waals surface area contributed by atoms with Crippen LogP contribution in [-0.4, -0.2) is 63.5 Å². The van der Waals surface area contributed by atoms with Gasteiger partial charge in [-0.25, -0.2) is 0 Å². The Hall–Kier alpha value is -2.78. The summed E-state index contributed by atoms with van der Waals surface area (Å²) in [5.41, 5.74) is 0. The average Bonchev–Trinajstić information content (AvgIpc) is 2.79. The molecule has 1 amide bonds. The van der Waals surface area contributed by atoms with Crippen molar-refractivity contribution in [1.82, 2.24) is 5.32 Å². The first-order chi connectivity index (χ1) is 14.6. The third-order valence-corrected chi connectivity index (χ3v) is 5.21. The number of thioether (sulfide) groups is 1. The van der Waals surface area contributed by atoms with Crippen LogP contribution in [0, 0.1) is 0 Å². The van der Waals surface area contributed by atoms with Gasteiger partial charge in [-0.3, -0.25) is 4.79 Å². The van der Waals surface area contributed by atoms with Crippen LogP contribution >= 0.6 is 11.8 Å². The quantitative estimate of drug-likeness (QED) is 0.548. The number of para-hydroxylation sites is 1. The summed E-state index contributed by atoms with van der Waals surface area (Å²) in [6.07, 6.45) is -0.886. The lowest BCUT2D eigenvalue weighted by Gasteiger charge is -2.18. The summed E-state index contributed by atoms with van der Waals surface area (Å²) in [6, 6.07) is 10.8. The van der Waals surface area contributed by atoms with Gasteiger partial charge in [0.15, 0.2) is 23.0 Å². The van der Waals surface area contributed by atoms with E-state index in [9.17, 15) is 9.90 Å². The monoisotopic (exact) mass is 435 g/mol. The summed E-state index contributed by atoms with van der Waals surface area (Å²) < 4.78 is 27.2. The van der Waals surface area contributed by atoms with Gasteiger partial charge in [0.2, 0.25) is 11.7 Å². The van der Waals surface area contributed by atoms with Crippen LogP contribution in [0.5, 0.6) is 28.7 Å². The molecule has 2 N–H and O–H groups in total. The van der Waals surface area contributed by atoms with Crippen molar-refractivity contribution in [3.63, 3.8) is 0 Å². The molecule has 0 aromatic heterocycles. The van der Waals surface area contributed by atoms with Gasteiger partial charge in [-0.05, 0) is 30.3 Å². The lowest BCUT2D eigenvalue weighted by Crippen LogP contribution is -2.36. The highest BCUT2D eigenvalue weighted by Gasteiger charge is 2.15. The lowest BCUT2D eigenvalue weighted by atomic mass is 10.3. The maximum absolute atomic E-state index is 12.1. The smallest absolute Gasteiger partial charge is 0.230 e. The van der Waals surface area contributed by atoms with E-state index in [1.807, 2.05) is 18.2 Å². The molecule has 2 aromatic rings. The Labute approximate surface area is 179 Å². The second-order valence-corrected chi connectivity index (χ2v) is 7.40. The molecule has 8 nitrogen and oxygen atoms in total. The van der Waals surface area contributed by atoms with Crippen LogP contribution in [0.15, 0.2) is 41.3 Å². The average molecular weight is 435 g/mol. The predicted octanol–water partition coefficient (Wildman–Crippen LogP) is 2.12. The van der Waals surface area contributed by atoms with Crippen LogP contribution in [-0.2, 0) is 4.79 Å². The van der Waals surface area contributed by atoms with E-state index in [0.29, 0.717) is 42.0 Å². The number of carbonyl (C=O) groups excluding carboxylic acids is 1. The molecule has 0 saturated heterocycles. The van der Waals surface area contributed by atoms with Gasteiger partial charge in [0.25, 0.3) is 0 Å². The summed E-state index contributed by atoms with van der Waals surface area (Å²) in [7, 11) is 3.05. The zero-order valence-corrected chi connectivity index (χ0v) is 17.7. The van der Waals surface area contributed by atoms with Crippen LogP contribution in [0.1, 0.15) is 0 Å². The number of fused-ring (bicyclic) bond motifs is 1. The van der Waals surface area contributed by atoms with Gasteiger partial charge >= 0.3 is 0 Å². The first-order valence-electron chi connectivity index (χ1n) is 9.41. The lowest BCUT2D eigenvalue weighted by molar-refractivity contribution is -0.119. The highest BCUT2D eigenvalue weighted by Crippen LogP contribution is 2.37. The van der Waals surface area contributed by atoms with E-state index in [1.54, 1.807) is 18.2 Å². The molecule has 0 radical (unpaired) electrons. The molecule has 1 heterocycles. The van der Waals surface area contributed by atoms with Crippen molar-refractivity contribution in [2.24, 2.45) is 0 Å². The van der Waals surface area contributed by atoms with Crippen molar-refractivity contribution in [3.8, 4) is 28.7 Å². The third-order valence-electron chi connectivity index (χ3n) is 4.22. The number of hydrogen-bond acceptors (Lipinski definition) is 8. The molecule has 1 aliphatic rings. The molecule has 0 saturated carbocycles. The normalized spacial score (nSPS) is 13.3. The third kappa shape index (κ3) is 5.87. The minimum absolute atomic E-state index is 0.0215. The number of methoxy groups -OCH3 is 2. The van der Waals surface area contributed by atoms with Crippen LogP contribution in [0.4, 0.5) is 0 Å². The Bertz CT molecular complexity index is 839. The van der Waals surface area contributed by atoms with Crippen molar-refractivity contribution < 1.29 is 33.6 Å². The van der Waals surface area contributed by atoms with Crippen LogP contribution in [0.25, 0.3) is 0 Å². The number of carbonyl (C=O) groups is 1. The fraction of sp³-hybridized carbons (Fsp3) is 0.381. The van der Waals surface area contributed by atoms with Crippen LogP contribution in [0.3, 0.4) is 0 Å². The number of ether oxygens (including phenoxy) is 5. The van der Waals surface area contributed by atoms with Gasteiger partial charge in [-0.1, -0.05) is 6.07 Å². The Morgan fingerprint density at radius 2 is 1.83 bits per heavy atom. The van der Waals surface area contributed by atoms with E-state index in [1.165, 1.54) is 26.0 Å². The molecule has 1 atom stereocenters. The number of rotatable bonds is 10. The van der Waals surface area contributed by atoms with E-state index in [0.717, 1.165) is 4.90 Å². The minimum Gasteiger partial charge on any atom is -0.493 e. The molecular weight excluding hydrogens is 410 g/mol. The number of aliphatic hydroxyl groups excluding tert-OH is 1. The SMILES string of the molecule is COc1cccc(OC)c1OCC(O)CNC(=O)CSc1ccc2c(c1)OCCO2. The Kier molecular flexibility index (Phi) is 7.92. The number of hydrogen-bond donors (Lipinski definition) is 2. The van der Waals surface area contributed by atoms with Crippen LogP contribution in [0.2, 0.25) is 0 Å². The zero-order valence-electron chi connectivity index (χ0n) is 16.9. The molecular formula is C21H25NO7S. The van der Waals surface area contributed by atoms with E-state index in [2.05, 4.69) is 5.32 Å². The predicted molar refractivity (Wildman–Crippen MR) is 112 cm³/mol. The minimum atomic E-state index is -0.886. The van der Waals surface area contributed by atoms with Crippen molar-refractivity contribution in [2.45, 2.75) is 11.0 Å². The largest absolute Gasteiger partial charge is 0.493 e. The summed E-state index contributed by atoms with van der Waals surface area (Å²) >= 11 is 1.38. The molecule has 162 valence electrons. The summed E-state index contributed by atoms with van der Waals surface area (Å²) in [4.78, 5) is 13.0. The van der Waals surface area contributed by atoms with Crippen molar-refractivity contribution >= 4 is 17.7 Å². The van der Waals surface area contributed by atoms with Crippen LogP contribution < -0.4 is 29.0 Å². The topological polar surface area (TPSA) is 95.5 Å². The van der Waals surface area contributed by atoms with Gasteiger partial charge in [0, 0.05) is 11.4 Å². The summed E-state index contributed by atoms with van der Waals surface area (Å²) in [5, 5.41) is 12.8. The molecule has 1 aliphatic heterocycles. The molecule has 3 rings (SSSR count). The maximum Gasteiger partial charge on any atom is 0.230 e. The van der Waals surface area contributed by atoms with Crippen molar-refractivity contribution in [3.05, 3.63) is 36.4 Å². The summed E-state index contributed by atoms with van der Waals surface area (Å²) in [5.74, 6) is 2.83. The van der Waals surface area contributed by atoms with E-state index in [4.69, 9.17) is 23.7 Å². The number of benzene rings is 2. The fourth-order valence-electron chi connectivity index (χ4n) is 2.74. The first-order valence-corrected chi connectivity index (χ1v) is 10.4. The molecule has 0 fully saturated rings. The Morgan fingerprint density at radius 3 is 2.53 bits per heavy atom. The second-order valence-electron chi connectivity index (χ2n) is 6.35. The first kappa shape index (κ1) is 21.9. The van der Waals surface area contributed by atoms with Gasteiger partial charge in [0.1, 0.15) is 25.9 Å². The number of aliphatic hydroxyl groups is 1. The molecule has 1 unspecified atom stereocenters. The van der Waals surface area contributed by atoms with E-state index < -0.39 is 6.10 Å². The maximum atomic E-state index is 12.1. The Balaban J connectivity index is 1.42. The highest BCUT2D eigenvalue weighted by atomic mass is 32.2. The van der Waals surface area contributed by atoms with Crippen molar-refractivity contribution in [1.29, 1.82) is 0 Å². The van der Waals surface area contributed by atoms with E-state index >= 15 is 0 Å². The highest BCUT2D eigenvalue weighted by molar-refractivity contribution is 8.00. The van der Waals surface area contributed by atoms with Crippen molar-refractivity contribution in [2.75, 3.05) is 46.3 Å². The molecule has 9 heteroatoms. The molecule has 0 bridgehead atoms. The summed E-state index contributed by atoms with van der Waals surface area (Å²) in [6.45, 7) is 1.10. The molecule has 2 aromatic carbocycles. The van der Waals surface area contributed by atoms with Gasteiger partial charge < -0.3 is 34.1 Å². The molecule has 0 spiro atoms. The van der Waals surface area contributed by atoms with Gasteiger partial charge in [-0.2, -0.15) is 0 Å². The zero-order chi connectivity index (χ0) is 21.3. The molecule has 0 aliphatic carbocycles. The Morgan fingerprint density at radius 1 is 1.13 bits per heavy atom. The molecule has 30 heavy (non-hydrogen) atoms. The number of nitrogens with one attached hydrogen (secondary N) is 1. The van der Waals surface area contributed by atoms with E-state index in [-0.39, 0.29) is 24.8 Å². The van der Waals surface area contributed by atoms with Gasteiger partial charge in [0.05, 0.1) is 20.0 Å².